The Bertz CT molecular complexity index is 650. The lowest BCUT2D eigenvalue weighted by Crippen LogP contribution is -2.15. The number of aromatic amines is 1. The summed E-state index contributed by atoms with van der Waals surface area (Å²) in [6, 6.07) is 5.41. The van der Waals surface area contributed by atoms with Crippen LogP contribution in [-0.2, 0) is 11.2 Å². The molecule has 0 unspecified atom stereocenters. The molecule has 0 spiro atoms. The fourth-order valence-corrected chi connectivity index (χ4v) is 1.96. The summed E-state index contributed by atoms with van der Waals surface area (Å²) in [5.41, 5.74) is 2.72. The van der Waals surface area contributed by atoms with Crippen LogP contribution in [0.5, 0.6) is 11.5 Å². The van der Waals surface area contributed by atoms with E-state index in [0.717, 1.165) is 16.8 Å². The Hall–Kier alpha value is -2.50. The number of amides is 1. The van der Waals surface area contributed by atoms with E-state index in [0.29, 0.717) is 17.3 Å². The smallest absolute Gasteiger partial charge is 0.230 e. The number of H-pyrrole nitrogens is 1. The van der Waals surface area contributed by atoms with Crippen molar-refractivity contribution >= 4 is 11.7 Å². The first-order valence-electron chi connectivity index (χ1n) is 6.57. The van der Waals surface area contributed by atoms with Crippen molar-refractivity contribution in [2.45, 2.75) is 20.3 Å². The largest absolute Gasteiger partial charge is 0.493 e. The monoisotopic (exact) mass is 289 g/mol. The molecule has 0 fully saturated rings. The minimum absolute atomic E-state index is 0.128. The average Bonchev–Trinajstić information content (AvgIpc) is 2.79. The second-order valence-electron chi connectivity index (χ2n) is 4.74. The van der Waals surface area contributed by atoms with Crippen molar-refractivity contribution in [3.8, 4) is 11.5 Å². The van der Waals surface area contributed by atoms with Crippen molar-refractivity contribution in [2.75, 3.05) is 19.5 Å². The fraction of sp³-hybridized carbons (Fsp3) is 0.333. The quantitative estimate of drug-likeness (QED) is 0.885. The van der Waals surface area contributed by atoms with Crippen LogP contribution in [0.2, 0.25) is 0 Å². The minimum atomic E-state index is -0.128. The zero-order chi connectivity index (χ0) is 15.4. The highest BCUT2D eigenvalue weighted by Crippen LogP contribution is 2.27. The first-order valence-corrected chi connectivity index (χ1v) is 6.57. The Morgan fingerprint density at radius 2 is 1.95 bits per heavy atom. The van der Waals surface area contributed by atoms with Crippen LogP contribution in [0.3, 0.4) is 0 Å². The molecule has 0 aliphatic carbocycles. The van der Waals surface area contributed by atoms with Gasteiger partial charge in [0.25, 0.3) is 0 Å². The molecular weight excluding hydrogens is 270 g/mol. The Morgan fingerprint density at radius 1 is 1.24 bits per heavy atom. The Kier molecular flexibility index (Phi) is 4.47. The van der Waals surface area contributed by atoms with Crippen molar-refractivity contribution in [2.24, 2.45) is 0 Å². The number of nitrogens with zero attached hydrogens (tertiary/aromatic N) is 1. The zero-order valence-electron chi connectivity index (χ0n) is 12.6. The van der Waals surface area contributed by atoms with Crippen molar-refractivity contribution in [3.63, 3.8) is 0 Å². The molecule has 2 rings (SSSR count). The maximum Gasteiger partial charge on any atom is 0.230 e. The molecule has 0 bridgehead atoms. The maximum absolute atomic E-state index is 12.1. The van der Waals surface area contributed by atoms with Crippen molar-refractivity contribution in [1.29, 1.82) is 0 Å². The molecule has 0 radical (unpaired) electrons. The molecule has 0 saturated carbocycles. The van der Waals surface area contributed by atoms with E-state index in [4.69, 9.17) is 9.47 Å². The van der Waals surface area contributed by atoms with Crippen molar-refractivity contribution in [3.05, 3.63) is 35.0 Å². The SMILES string of the molecule is COc1ccc(CC(=O)Nc2n[nH]c(C)c2C)cc1OC. The normalized spacial score (nSPS) is 10.3. The number of hydrogen-bond acceptors (Lipinski definition) is 4. The summed E-state index contributed by atoms with van der Waals surface area (Å²) >= 11 is 0. The van der Waals surface area contributed by atoms with Gasteiger partial charge in [0.1, 0.15) is 0 Å². The molecule has 1 aromatic heterocycles. The molecule has 112 valence electrons. The number of hydrogen-bond donors (Lipinski definition) is 2. The van der Waals surface area contributed by atoms with E-state index >= 15 is 0 Å². The number of ether oxygens (including phenoxy) is 2. The van der Waals surface area contributed by atoms with Gasteiger partial charge < -0.3 is 14.8 Å². The van der Waals surface area contributed by atoms with Crippen LogP contribution in [0.4, 0.5) is 5.82 Å². The number of benzene rings is 1. The Balaban J connectivity index is 2.07. The molecule has 1 aromatic carbocycles. The molecule has 1 amide bonds. The average molecular weight is 289 g/mol. The van der Waals surface area contributed by atoms with Gasteiger partial charge in [-0.15, -0.1) is 0 Å². The van der Waals surface area contributed by atoms with Gasteiger partial charge in [0.2, 0.25) is 5.91 Å². The highest BCUT2D eigenvalue weighted by atomic mass is 16.5. The van der Waals surface area contributed by atoms with Crippen LogP contribution in [0.25, 0.3) is 0 Å². The predicted molar refractivity (Wildman–Crippen MR) is 79.9 cm³/mol. The summed E-state index contributed by atoms with van der Waals surface area (Å²) in [6.45, 7) is 3.82. The second kappa shape index (κ2) is 6.30. The number of aryl methyl sites for hydroxylation is 1. The van der Waals surface area contributed by atoms with Crippen LogP contribution in [-0.4, -0.2) is 30.3 Å². The third kappa shape index (κ3) is 3.34. The Labute approximate surface area is 123 Å². The number of aromatic nitrogens is 2. The van der Waals surface area contributed by atoms with Crippen LogP contribution in [0, 0.1) is 13.8 Å². The van der Waals surface area contributed by atoms with E-state index in [2.05, 4.69) is 15.5 Å². The van der Waals surface area contributed by atoms with Gasteiger partial charge in [-0.05, 0) is 31.5 Å². The summed E-state index contributed by atoms with van der Waals surface area (Å²) in [6.07, 6.45) is 0.242. The number of anilines is 1. The zero-order valence-corrected chi connectivity index (χ0v) is 12.6. The van der Waals surface area contributed by atoms with Gasteiger partial charge in [-0.1, -0.05) is 6.07 Å². The predicted octanol–water partition coefficient (Wildman–Crippen LogP) is 2.22. The highest BCUT2D eigenvalue weighted by Gasteiger charge is 2.11. The first kappa shape index (κ1) is 14.9. The van der Waals surface area contributed by atoms with Gasteiger partial charge in [0, 0.05) is 11.3 Å². The molecule has 6 heteroatoms. The molecule has 0 aliphatic heterocycles. The number of carbonyl (C=O) groups is 1. The summed E-state index contributed by atoms with van der Waals surface area (Å²) in [7, 11) is 3.14. The molecule has 0 atom stereocenters. The third-order valence-electron chi connectivity index (χ3n) is 3.32. The van der Waals surface area contributed by atoms with Crippen LogP contribution < -0.4 is 14.8 Å². The third-order valence-corrected chi connectivity index (χ3v) is 3.32. The molecular formula is C15H19N3O3. The van der Waals surface area contributed by atoms with Gasteiger partial charge in [-0.3, -0.25) is 9.89 Å². The summed E-state index contributed by atoms with van der Waals surface area (Å²) < 4.78 is 10.4. The molecule has 2 N–H and O–H groups in total. The van der Waals surface area contributed by atoms with Gasteiger partial charge in [0.05, 0.1) is 20.6 Å². The maximum atomic E-state index is 12.1. The number of carbonyl (C=O) groups excluding carboxylic acids is 1. The molecule has 2 aromatic rings. The van der Waals surface area contributed by atoms with Gasteiger partial charge in [-0.25, -0.2) is 0 Å². The highest BCUT2D eigenvalue weighted by molar-refractivity contribution is 5.92. The fourth-order valence-electron chi connectivity index (χ4n) is 1.96. The Morgan fingerprint density at radius 3 is 2.52 bits per heavy atom. The lowest BCUT2D eigenvalue weighted by molar-refractivity contribution is -0.115. The molecule has 0 saturated heterocycles. The van der Waals surface area contributed by atoms with E-state index in [1.54, 1.807) is 26.4 Å². The standard InChI is InChI=1S/C15H19N3O3/c1-9-10(2)17-18-15(9)16-14(19)8-11-5-6-12(20-3)13(7-11)21-4/h5-7H,8H2,1-4H3,(H2,16,17,18,19). The number of nitrogens with one attached hydrogen (secondary N) is 2. The number of methoxy groups -OCH3 is 2. The van der Waals surface area contributed by atoms with Crippen LogP contribution >= 0.6 is 0 Å². The topological polar surface area (TPSA) is 76.2 Å². The van der Waals surface area contributed by atoms with Gasteiger partial charge in [0.15, 0.2) is 17.3 Å². The van der Waals surface area contributed by atoms with E-state index < -0.39 is 0 Å². The van der Waals surface area contributed by atoms with Crippen LogP contribution in [0.1, 0.15) is 16.8 Å². The van der Waals surface area contributed by atoms with Crippen LogP contribution in [0.15, 0.2) is 18.2 Å². The molecule has 1 heterocycles. The molecule has 0 aliphatic rings. The van der Waals surface area contributed by atoms with Gasteiger partial charge in [-0.2, -0.15) is 5.10 Å². The first-order chi connectivity index (χ1) is 10.0. The number of rotatable bonds is 5. The van der Waals surface area contributed by atoms with Crippen molar-refractivity contribution < 1.29 is 14.3 Å². The van der Waals surface area contributed by atoms with E-state index in [1.165, 1.54) is 0 Å². The van der Waals surface area contributed by atoms with E-state index in [-0.39, 0.29) is 12.3 Å². The molecule has 21 heavy (non-hydrogen) atoms. The van der Waals surface area contributed by atoms with Crippen molar-refractivity contribution in [1.82, 2.24) is 10.2 Å². The van der Waals surface area contributed by atoms with E-state index in [9.17, 15) is 4.79 Å². The summed E-state index contributed by atoms with van der Waals surface area (Å²) in [5.74, 6) is 1.69. The summed E-state index contributed by atoms with van der Waals surface area (Å²) in [4.78, 5) is 12.1. The van der Waals surface area contributed by atoms with E-state index in [1.807, 2.05) is 19.9 Å². The minimum Gasteiger partial charge on any atom is -0.493 e. The summed E-state index contributed by atoms with van der Waals surface area (Å²) in [5, 5.41) is 9.69. The van der Waals surface area contributed by atoms with Gasteiger partial charge >= 0.3 is 0 Å². The molecule has 6 nitrogen and oxygen atoms in total. The lowest BCUT2D eigenvalue weighted by atomic mass is 10.1. The second-order valence-corrected chi connectivity index (χ2v) is 4.74. The lowest BCUT2D eigenvalue weighted by Gasteiger charge is -2.09.